The van der Waals surface area contributed by atoms with Gasteiger partial charge in [-0.05, 0) is 12.8 Å². The Kier molecular flexibility index (Phi) is 9.96. The summed E-state index contributed by atoms with van der Waals surface area (Å²) >= 11 is 0. The van der Waals surface area contributed by atoms with Crippen molar-refractivity contribution in [2.45, 2.75) is 51.4 Å². The maximum atomic E-state index is 12.4. The molecule has 0 fully saturated rings. The molecule has 0 aromatic heterocycles. The van der Waals surface area contributed by atoms with Gasteiger partial charge in [0.05, 0.1) is 19.1 Å². The average molecular weight is 389 g/mol. The van der Waals surface area contributed by atoms with Gasteiger partial charge in [0.15, 0.2) is 6.04 Å². The fourth-order valence-electron chi connectivity index (χ4n) is 2.08. The molecule has 0 aromatic carbocycles. The van der Waals surface area contributed by atoms with E-state index in [1.165, 1.54) is 6.92 Å². The molecule has 4 atom stereocenters. The quantitative estimate of drug-likeness (QED) is 0.187. The zero-order valence-electron chi connectivity index (χ0n) is 15.4. The number of carbonyl (C=O) groups excluding carboxylic acids is 4. The number of primary amides is 1. The Morgan fingerprint density at radius 3 is 1.81 bits per heavy atom. The number of nitrogens with two attached hydrogens (primary N) is 2. The topological polar surface area (TPSA) is 214 Å². The molecule has 0 heterocycles. The molecule has 12 nitrogen and oxygen atoms in total. The first-order valence-electron chi connectivity index (χ1n) is 8.20. The average Bonchev–Trinajstić information content (AvgIpc) is 2.54. The third-order valence-corrected chi connectivity index (χ3v) is 3.54. The van der Waals surface area contributed by atoms with E-state index < -0.39 is 72.7 Å². The molecule has 0 aliphatic heterocycles. The second-order valence-electron chi connectivity index (χ2n) is 6.29. The van der Waals surface area contributed by atoms with Crippen LogP contribution in [0, 0.1) is 5.92 Å². The van der Waals surface area contributed by atoms with Crippen LogP contribution in [0.15, 0.2) is 0 Å². The van der Waals surface area contributed by atoms with Crippen molar-refractivity contribution in [3.05, 3.63) is 0 Å². The Hall–Kier alpha value is -2.73. The maximum Gasteiger partial charge on any atom is 0.328 e. The first-order chi connectivity index (χ1) is 12.4. The van der Waals surface area contributed by atoms with Crippen LogP contribution in [0.5, 0.6) is 0 Å². The highest BCUT2D eigenvalue weighted by molar-refractivity contribution is 5.95. The van der Waals surface area contributed by atoms with E-state index in [9.17, 15) is 29.1 Å². The zero-order chi connectivity index (χ0) is 21.3. The van der Waals surface area contributed by atoms with E-state index in [1.54, 1.807) is 13.8 Å². The second-order valence-corrected chi connectivity index (χ2v) is 6.29. The SMILES string of the molecule is CC(C)C(NC(=O)C(CC(N)=O)NC(=O)CN)C(=O)NC(C(=O)O)C(C)O. The number of hydrogen-bond acceptors (Lipinski definition) is 7. The van der Waals surface area contributed by atoms with Gasteiger partial charge in [-0.1, -0.05) is 13.8 Å². The molecule has 9 N–H and O–H groups in total. The molecule has 0 radical (unpaired) electrons. The molecule has 4 amide bonds. The van der Waals surface area contributed by atoms with E-state index in [2.05, 4.69) is 16.0 Å². The monoisotopic (exact) mass is 389 g/mol. The minimum atomic E-state index is -1.57. The van der Waals surface area contributed by atoms with Gasteiger partial charge in [-0.15, -0.1) is 0 Å². The van der Waals surface area contributed by atoms with E-state index in [4.69, 9.17) is 16.6 Å². The highest BCUT2D eigenvalue weighted by atomic mass is 16.4. The Morgan fingerprint density at radius 2 is 1.44 bits per heavy atom. The molecule has 0 saturated heterocycles. The van der Waals surface area contributed by atoms with Gasteiger partial charge in [-0.25, -0.2) is 4.79 Å². The van der Waals surface area contributed by atoms with Crippen LogP contribution in [0.4, 0.5) is 0 Å². The van der Waals surface area contributed by atoms with Gasteiger partial charge in [0.2, 0.25) is 23.6 Å². The lowest BCUT2D eigenvalue weighted by molar-refractivity contribution is -0.145. The molecule has 27 heavy (non-hydrogen) atoms. The van der Waals surface area contributed by atoms with Crippen LogP contribution >= 0.6 is 0 Å². The van der Waals surface area contributed by atoms with Crippen LogP contribution in [-0.2, 0) is 24.0 Å². The highest BCUT2D eigenvalue weighted by Gasteiger charge is 2.33. The van der Waals surface area contributed by atoms with Crippen molar-refractivity contribution in [2.24, 2.45) is 17.4 Å². The smallest absolute Gasteiger partial charge is 0.328 e. The van der Waals surface area contributed by atoms with Crippen molar-refractivity contribution in [2.75, 3.05) is 6.54 Å². The van der Waals surface area contributed by atoms with Crippen LogP contribution in [0.3, 0.4) is 0 Å². The molecular formula is C15H27N5O7. The minimum Gasteiger partial charge on any atom is -0.480 e. The van der Waals surface area contributed by atoms with Crippen molar-refractivity contribution in [3.8, 4) is 0 Å². The van der Waals surface area contributed by atoms with Crippen LogP contribution < -0.4 is 27.4 Å². The van der Waals surface area contributed by atoms with E-state index in [-0.39, 0.29) is 0 Å². The summed E-state index contributed by atoms with van der Waals surface area (Å²) in [6.07, 6.45) is -1.89. The first kappa shape index (κ1) is 24.3. The summed E-state index contributed by atoms with van der Waals surface area (Å²) in [6.45, 7) is 3.94. The predicted molar refractivity (Wildman–Crippen MR) is 92.8 cm³/mol. The predicted octanol–water partition coefficient (Wildman–Crippen LogP) is -3.60. The van der Waals surface area contributed by atoms with Crippen LogP contribution in [0.2, 0.25) is 0 Å². The minimum absolute atomic E-state index is 0.425. The fourth-order valence-corrected chi connectivity index (χ4v) is 2.08. The number of amides is 4. The molecule has 154 valence electrons. The largest absolute Gasteiger partial charge is 0.480 e. The van der Waals surface area contributed by atoms with Gasteiger partial charge in [-0.3, -0.25) is 19.2 Å². The fraction of sp³-hybridized carbons (Fsp3) is 0.667. The number of aliphatic hydroxyl groups is 1. The lowest BCUT2D eigenvalue weighted by Crippen LogP contribution is -2.59. The number of carboxylic acid groups (broad SMARTS) is 1. The van der Waals surface area contributed by atoms with Crippen molar-refractivity contribution in [1.29, 1.82) is 0 Å². The van der Waals surface area contributed by atoms with Gasteiger partial charge in [0, 0.05) is 0 Å². The number of aliphatic hydroxyl groups excluding tert-OH is 1. The van der Waals surface area contributed by atoms with Crippen molar-refractivity contribution >= 4 is 29.6 Å². The Bertz CT molecular complexity index is 579. The molecular weight excluding hydrogens is 362 g/mol. The number of aliphatic carboxylic acids is 1. The van der Waals surface area contributed by atoms with Gasteiger partial charge in [0.1, 0.15) is 12.1 Å². The van der Waals surface area contributed by atoms with Crippen molar-refractivity contribution < 1.29 is 34.2 Å². The van der Waals surface area contributed by atoms with Crippen molar-refractivity contribution in [1.82, 2.24) is 16.0 Å². The normalized spacial score (nSPS) is 15.2. The van der Waals surface area contributed by atoms with Crippen LogP contribution in [0.25, 0.3) is 0 Å². The van der Waals surface area contributed by atoms with E-state index >= 15 is 0 Å². The molecule has 0 rings (SSSR count). The van der Waals surface area contributed by atoms with Crippen LogP contribution in [-0.4, -0.2) is 70.6 Å². The number of nitrogens with one attached hydrogen (secondary N) is 3. The van der Waals surface area contributed by atoms with Gasteiger partial charge < -0.3 is 37.6 Å². The van der Waals surface area contributed by atoms with Crippen LogP contribution in [0.1, 0.15) is 27.2 Å². The number of hydrogen-bond donors (Lipinski definition) is 7. The third-order valence-electron chi connectivity index (χ3n) is 3.54. The van der Waals surface area contributed by atoms with E-state index in [1.807, 2.05) is 0 Å². The summed E-state index contributed by atoms with van der Waals surface area (Å²) in [5.41, 5.74) is 10.2. The molecule has 0 saturated carbocycles. The summed E-state index contributed by atoms with van der Waals surface area (Å²) in [5, 5.41) is 25.2. The number of rotatable bonds is 11. The van der Waals surface area contributed by atoms with Crippen molar-refractivity contribution in [3.63, 3.8) is 0 Å². The Labute approximate surface area is 156 Å². The van der Waals surface area contributed by atoms with Gasteiger partial charge in [-0.2, -0.15) is 0 Å². The molecule has 4 unspecified atom stereocenters. The highest BCUT2D eigenvalue weighted by Crippen LogP contribution is 2.05. The summed E-state index contributed by atoms with van der Waals surface area (Å²) in [7, 11) is 0. The summed E-state index contributed by atoms with van der Waals surface area (Å²) in [5.74, 6) is -5.21. The molecule has 0 aliphatic rings. The number of carbonyl (C=O) groups is 5. The van der Waals surface area contributed by atoms with Gasteiger partial charge >= 0.3 is 5.97 Å². The molecule has 0 bridgehead atoms. The number of carboxylic acids is 1. The summed E-state index contributed by atoms with van der Waals surface area (Å²) in [6, 6.07) is -4.11. The summed E-state index contributed by atoms with van der Waals surface area (Å²) in [4.78, 5) is 58.4. The Morgan fingerprint density at radius 1 is 0.926 bits per heavy atom. The van der Waals surface area contributed by atoms with E-state index in [0.717, 1.165) is 0 Å². The molecule has 0 aliphatic carbocycles. The molecule has 12 heteroatoms. The Balaban J connectivity index is 5.31. The molecule has 0 spiro atoms. The maximum absolute atomic E-state index is 12.4. The zero-order valence-corrected chi connectivity index (χ0v) is 15.4. The third kappa shape index (κ3) is 8.46. The first-order valence-corrected chi connectivity index (χ1v) is 8.20. The van der Waals surface area contributed by atoms with E-state index in [0.29, 0.717) is 0 Å². The summed E-state index contributed by atoms with van der Waals surface area (Å²) < 4.78 is 0. The second kappa shape index (κ2) is 11.1. The lowest BCUT2D eigenvalue weighted by atomic mass is 10.0. The molecule has 0 aromatic rings. The van der Waals surface area contributed by atoms with Gasteiger partial charge in [0.25, 0.3) is 0 Å². The lowest BCUT2D eigenvalue weighted by Gasteiger charge is -2.26. The standard InChI is InChI=1S/C15H27N5O7/c1-6(2)11(14(25)20-12(7(3)21)15(26)27)19-13(24)8(4-9(17)22)18-10(23)5-16/h6-8,11-12,21H,4-5,16H2,1-3H3,(H2,17,22)(H,18,23)(H,19,24)(H,20,25)(H,26,27).